The highest BCUT2D eigenvalue weighted by Crippen LogP contribution is 2.33. The minimum Gasteiger partial charge on any atom is -0.397 e. The molecule has 0 aliphatic carbocycles. The molecule has 1 aromatic heterocycles. The number of amides is 2. The van der Waals surface area contributed by atoms with Crippen molar-refractivity contribution >= 4 is 28.4 Å². The van der Waals surface area contributed by atoms with Gasteiger partial charge in [-0.2, -0.15) is 0 Å². The normalized spacial score (nSPS) is 21.6. The number of likely N-dealkylation sites (tertiary alicyclic amines) is 2. The molecule has 2 saturated heterocycles. The zero-order valence-electron chi connectivity index (χ0n) is 15.0. The highest BCUT2D eigenvalue weighted by Gasteiger charge is 2.36. The number of aromatic nitrogens is 1. The lowest BCUT2D eigenvalue weighted by atomic mass is 9.91. The summed E-state index contributed by atoms with van der Waals surface area (Å²) in [6, 6.07) is 9.98. The summed E-state index contributed by atoms with van der Waals surface area (Å²) in [7, 11) is 1.76. The largest absolute Gasteiger partial charge is 0.397 e. The Hall–Kier alpha value is -2.63. The van der Waals surface area contributed by atoms with Crippen LogP contribution < -0.4 is 5.73 Å². The first-order chi connectivity index (χ1) is 12.5. The number of hydrogen-bond acceptors (Lipinski definition) is 4. The van der Waals surface area contributed by atoms with E-state index in [4.69, 9.17) is 10.7 Å². The molecule has 0 spiro atoms. The lowest BCUT2D eigenvalue weighted by Crippen LogP contribution is -2.42. The molecule has 2 fully saturated rings. The summed E-state index contributed by atoms with van der Waals surface area (Å²) in [6.07, 6.45) is 2.06. The number of hydrogen-bond donors (Lipinski definition) is 1. The zero-order valence-corrected chi connectivity index (χ0v) is 15.0. The number of rotatable bonds is 2. The van der Waals surface area contributed by atoms with Gasteiger partial charge in [0.2, 0.25) is 11.8 Å². The maximum Gasteiger partial charge on any atom is 0.227 e. The van der Waals surface area contributed by atoms with Crippen molar-refractivity contribution < 1.29 is 9.59 Å². The summed E-state index contributed by atoms with van der Waals surface area (Å²) in [4.78, 5) is 32.7. The Kier molecular flexibility index (Phi) is 4.26. The van der Waals surface area contributed by atoms with Crippen LogP contribution in [0.5, 0.6) is 0 Å². The minimum absolute atomic E-state index is 0.0615. The third kappa shape index (κ3) is 3.00. The number of fused-ring (bicyclic) bond motifs is 1. The number of nitrogen functional groups attached to an aromatic ring is 1. The lowest BCUT2D eigenvalue weighted by molar-refractivity contribution is -0.136. The summed E-state index contributed by atoms with van der Waals surface area (Å²) in [5.74, 6) is 0.261. The summed E-state index contributed by atoms with van der Waals surface area (Å²) >= 11 is 0. The van der Waals surface area contributed by atoms with Crippen LogP contribution in [-0.2, 0) is 9.59 Å². The molecule has 2 aromatic rings. The highest BCUT2D eigenvalue weighted by molar-refractivity contribution is 5.89. The molecule has 2 aliphatic rings. The number of piperidine rings is 1. The number of nitrogens with zero attached hydrogens (tertiary/aromatic N) is 3. The van der Waals surface area contributed by atoms with E-state index in [-0.39, 0.29) is 23.7 Å². The fraction of sp³-hybridized carbons (Fsp3) is 0.450. The molecule has 2 amide bonds. The van der Waals surface area contributed by atoms with Crippen molar-refractivity contribution in [2.45, 2.75) is 25.2 Å². The molecule has 0 saturated carbocycles. The van der Waals surface area contributed by atoms with Gasteiger partial charge in [0.05, 0.1) is 22.8 Å². The summed E-state index contributed by atoms with van der Waals surface area (Å²) in [5, 5.41) is 1.05. The van der Waals surface area contributed by atoms with E-state index in [1.807, 2.05) is 35.2 Å². The molecule has 6 nitrogen and oxygen atoms in total. The van der Waals surface area contributed by atoms with Crippen LogP contribution in [0.2, 0.25) is 0 Å². The van der Waals surface area contributed by atoms with E-state index in [0.29, 0.717) is 26.1 Å². The van der Waals surface area contributed by atoms with Crippen LogP contribution >= 0.6 is 0 Å². The van der Waals surface area contributed by atoms with E-state index in [1.54, 1.807) is 11.9 Å². The lowest BCUT2D eigenvalue weighted by Gasteiger charge is -2.33. The Labute approximate surface area is 153 Å². The van der Waals surface area contributed by atoms with Gasteiger partial charge >= 0.3 is 0 Å². The van der Waals surface area contributed by atoms with E-state index in [0.717, 1.165) is 35.1 Å². The van der Waals surface area contributed by atoms with Crippen LogP contribution in [0.4, 0.5) is 5.69 Å². The molecule has 0 bridgehead atoms. The average Bonchev–Trinajstić information content (AvgIpc) is 2.99. The number of carbonyl (C=O) groups excluding carboxylic acids is 2. The summed E-state index contributed by atoms with van der Waals surface area (Å²) in [5.41, 5.74) is 8.90. The van der Waals surface area contributed by atoms with Gasteiger partial charge in [-0.05, 0) is 25.0 Å². The second kappa shape index (κ2) is 6.59. The zero-order chi connectivity index (χ0) is 18.3. The molecule has 0 radical (unpaired) electrons. The third-order valence-corrected chi connectivity index (χ3v) is 5.67. The van der Waals surface area contributed by atoms with Gasteiger partial charge in [-0.3, -0.25) is 14.6 Å². The predicted octanol–water partition coefficient (Wildman–Crippen LogP) is 2.00. The topological polar surface area (TPSA) is 79.5 Å². The molecule has 4 rings (SSSR count). The smallest absolute Gasteiger partial charge is 0.227 e. The van der Waals surface area contributed by atoms with Crippen molar-refractivity contribution in [3.05, 3.63) is 36.0 Å². The van der Waals surface area contributed by atoms with Crippen molar-refractivity contribution in [2.75, 3.05) is 32.4 Å². The maximum atomic E-state index is 12.7. The molecule has 0 unspecified atom stereocenters. The molecule has 1 aromatic carbocycles. The highest BCUT2D eigenvalue weighted by atomic mass is 16.2. The molecule has 3 heterocycles. The van der Waals surface area contributed by atoms with Gasteiger partial charge in [0, 0.05) is 44.4 Å². The SMILES string of the molecule is CN1C[C@@H](C(=O)N2CCC(c3nc4ccccc4cc3N)CC2)CC1=O. The van der Waals surface area contributed by atoms with Gasteiger partial charge in [-0.1, -0.05) is 18.2 Å². The number of benzene rings is 1. The first-order valence-corrected chi connectivity index (χ1v) is 9.21. The predicted molar refractivity (Wildman–Crippen MR) is 100 cm³/mol. The van der Waals surface area contributed by atoms with Gasteiger partial charge in [-0.15, -0.1) is 0 Å². The second-order valence-corrected chi connectivity index (χ2v) is 7.43. The first kappa shape index (κ1) is 16.8. The van der Waals surface area contributed by atoms with E-state index in [9.17, 15) is 9.59 Å². The fourth-order valence-electron chi connectivity index (χ4n) is 4.13. The van der Waals surface area contributed by atoms with E-state index < -0.39 is 0 Å². The first-order valence-electron chi connectivity index (χ1n) is 9.21. The van der Waals surface area contributed by atoms with Gasteiger partial charge < -0.3 is 15.5 Å². The number of pyridine rings is 1. The van der Waals surface area contributed by atoms with Crippen LogP contribution in [0.25, 0.3) is 10.9 Å². The van der Waals surface area contributed by atoms with Crippen molar-refractivity contribution in [2.24, 2.45) is 5.92 Å². The van der Waals surface area contributed by atoms with Crippen LogP contribution in [0.1, 0.15) is 30.9 Å². The number of nitrogens with two attached hydrogens (primary N) is 1. The molecule has 6 heteroatoms. The van der Waals surface area contributed by atoms with Crippen molar-refractivity contribution in [3.63, 3.8) is 0 Å². The molecule has 136 valence electrons. The van der Waals surface area contributed by atoms with Crippen LogP contribution in [0.3, 0.4) is 0 Å². The fourth-order valence-corrected chi connectivity index (χ4v) is 4.13. The van der Waals surface area contributed by atoms with Gasteiger partial charge in [0.25, 0.3) is 0 Å². The summed E-state index contributed by atoms with van der Waals surface area (Å²) < 4.78 is 0. The molecule has 1 atom stereocenters. The number of para-hydroxylation sites is 1. The molecular weight excluding hydrogens is 328 g/mol. The van der Waals surface area contributed by atoms with Gasteiger partial charge in [-0.25, -0.2) is 0 Å². The van der Waals surface area contributed by atoms with Crippen molar-refractivity contribution in [1.29, 1.82) is 0 Å². The maximum absolute atomic E-state index is 12.7. The van der Waals surface area contributed by atoms with Crippen molar-refractivity contribution in [1.82, 2.24) is 14.8 Å². The third-order valence-electron chi connectivity index (χ3n) is 5.67. The monoisotopic (exact) mass is 352 g/mol. The van der Waals surface area contributed by atoms with Gasteiger partial charge in [0.15, 0.2) is 0 Å². The average molecular weight is 352 g/mol. The van der Waals surface area contributed by atoms with Crippen LogP contribution in [0, 0.1) is 5.92 Å². The Bertz CT molecular complexity index is 858. The van der Waals surface area contributed by atoms with Crippen molar-refractivity contribution in [3.8, 4) is 0 Å². The molecule has 2 aliphatic heterocycles. The molecule has 26 heavy (non-hydrogen) atoms. The Morgan fingerprint density at radius 2 is 1.96 bits per heavy atom. The van der Waals surface area contributed by atoms with E-state index >= 15 is 0 Å². The minimum atomic E-state index is -0.187. The number of carbonyl (C=O) groups is 2. The second-order valence-electron chi connectivity index (χ2n) is 7.43. The van der Waals surface area contributed by atoms with Crippen LogP contribution in [0.15, 0.2) is 30.3 Å². The van der Waals surface area contributed by atoms with Gasteiger partial charge in [0.1, 0.15) is 0 Å². The van der Waals surface area contributed by atoms with E-state index in [1.165, 1.54) is 0 Å². The number of anilines is 1. The summed E-state index contributed by atoms with van der Waals surface area (Å²) in [6.45, 7) is 1.94. The van der Waals surface area contributed by atoms with E-state index in [2.05, 4.69) is 0 Å². The Balaban J connectivity index is 1.44. The Morgan fingerprint density at radius 1 is 1.23 bits per heavy atom. The quantitative estimate of drug-likeness (QED) is 0.896. The standard InChI is InChI=1S/C20H24N4O2/c1-23-12-15(11-18(23)25)20(26)24-8-6-13(7-9-24)19-16(21)10-14-4-2-3-5-17(14)22-19/h2-5,10,13,15H,6-9,11-12,21H2,1H3/t15-/m0/s1. The Morgan fingerprint density at radius 3 is 2.65 bits per heavy atom. The molecule has 2 N–H and O–H groups in total. The molecular formula is C20H24N4O2. The van der Waals surface area contributed by atoms with Crippen LogP contribution in [-0.4, -0.2) is 53.3 Å².